The largest absolute Gasteiger partial charge is 0.322 e. The van der Waals surface area contributed by atoms with E-state index in [2.05, 4.69) is 5.32 Å². The minimum absolute atomic E-state index is 0.0321. The lowest BCUT2D eigenvalue weighted by molar-refractivity contribution is -0.384. The standard InChI is InChI=1S/C17H16ClN3O5S/c18-15-7-6-13(11-16(15)21(23)24)19-17(22)12-4-3-5-14(10-12)20-8-1-2-9-27(20,25)26/h3-7,10-11H,1-2,8-9H2,(H,19,22). The Hall–Kier alpha value is -2.65. The van der Waals surface area contributed by atoms with Crippen molar-refractivity contribution in [3.63, 3.8) is 0 Å². The molecule has 2 aromatic carbocycles. The van der Waals surface area contributed by atoms with E-state index < -0.39 is 20.9 Å². The van der Waals surface area contributed by atoms with Crippen molar-refractivity contribution in [2.75, 3.05) is 21.9 Å². The zero-order chi connectivity index (χ0) is 19.6. The van der Waals surface area contributed by atoms with Gasteiger partial charge >= 0.3 is 0 Å². The molecule has 1 heterocycles. The van der Waals surface area contributed by atoms with Crippen LogP contribution in [0.4, 0.5) is 17.1 Å². The second-order valence-electron chi connectivity index (χ2n) is 6.02. The molecule has 1 N–H and O–H groups in total. The van der Waals surface area contributed by atoms with Gasteiger partial charge in [0, 0.05) is 23.9 Å². The van der Waals surface area contributed by atoms with Crippen molar-refractivity contribution in [3.05, 3.63) is 63.2 Å². The zero-order valence-electron chi connectivity index (χ0n) is 14.1. The molecule has 1 amide bonds. The molecule has 10 heteroatoms. The predicted molar refractivity (Wildman–Crippen MR) is 103 cm³/mol. The third-order valence-corrected chi connectivity index (χ3v) is 6.34. The summed E-state index contributed by atoms with van der Waals surface area (Å²) in [7, 11) is -3.39. The molecule has 0 aromatic heterocycles. The predicted octanol–water partition coefficient (Wildman–Crippen LogP) is 3.43. The van der Waals surface area contributed by atoms with Crippen molar-refractivity contribution in [1.29, 1.82) is 0 Å². The molecule has 142 valence electrons. The summed E-state index contributed by atoms with van der Waals surface area (Å²) in [6.07, 6.45) is 1.37. The van der Waals surface area contributed by atoms with Gasteiger partial charge in [0.2, 0.25) is 10.0 Å². The van der Waals surface area contributed by atoms with Crippen LogP contribution in [0, 0.1) is 10.1 Å². The topological polar surface area (TPSA) is 110 Å². The maximum atomic E-state index is 12.5. The summed E-state index contributed by atoms with van der Waals surface area (Å²) in [5.74, 6) is -0.430. The van der Waals surface area contributed by atoms with Gasteiger partial charge < -0.3 is 5.32 Å². The summed E-state index contributed by atoms with van der Waals surface area (Å²) in [6, 6.07) is 10.2. The number of anilines is 2. The number of rotatable bonds is 4. The average Bonchev–Trinajstić information content (AvgIpc) is 2.62. The van der Waals surface area contributed by atoms with Gasteiger partial charge in [-0.15, -0.1) is 0 Å². The Bertz CT molecular complexity index is 1010. The Morgan fingerprint density at radius 2 is 1.96 bits per heavy atom. The fourth-order valence-electron chi connectivity index (χ4n) is 2.81. The number of nitrogens with one attached hydrogen (secondary N) is 1. The molecule has 0 spiro atoms. The number of nitrogens with zero attached hydrogens (tertiary/aromatic N) is 2. The van der Waals surface area contributed by atoms with Crippen LogP contribution in [0.25, 0.3) is 0 Å². The summed E-state index contributed by atoms with van der Waals surface area (Å²) >= 11 is 5.76. The van der Waals surface area contributed by atoms with Crippen LogP contribution in [0.15, 0.2) is 42.5 Å². The van der Waals surface area contributed by atoms with Crippen LogP contribution >= 0.6 is 11.6 Å². The molecule has 27 heavy (non-hydrogen) atoms. The minimum Gasteiger partial charge on any atom is -0.322 e. The van der Waals surface area contributed by atoms with Gasteiger partial charge in [0.25, 0.3) is 11.6 Å². The van der Waals surface area contributed by atoms with Crippen LogP contribution in [-0.2, 0) is 10.0 Å². The summed E-state index contributed by atoms with van der Waals surface area (Å²) in [5.41, 5.74) is 0.560. The molecule has 3 rings (SSSR count). The van der Waals surface area contributed by atoms with Gasteiger partial charge in [-0.1, -0.05) is 17.7 Å². The number of benzene rings is 2. The highest BCUT2D eigenvalue weighted by Gasteiger charge is 2.26. The van der Waals surface area contributed by atoms with Crippen molar-refractivity contribution in [2.24, 2.45) is 0 Å². The van der Waals surface area contributed by atoms with Gasteiger partial charge in [0.05, 0.1) is 16.4 Å². The number of sulfonamides is 1. The van der Waals surface area contributed by atoms with E-state index in [1.54, 1.807) is 18.2 Å². The average molecular weight is 410 g/mol. The first kappa shape index (κ1) is 19.1. The summed E-state index contributed by atoms with van der Waals surface area (Å²) in [6.45, 7) is 0.372. The number of carbonyl (C=O) groups is 1. The third kappa shape index (κ3) is 4.20. The van der Waals surface area contributed by atoms with Gasteiger partial charge in [0.1, 0.15) is 5.02 Å². The highest BCUT2D eigenvalue weighted by Crippen LogP contribution is 2.28. The molecule has 0 saturated carbocycles. The number of carbonyl (C=O) groups excluding carboxylic acids is 1. The molecule has 0 bridgehead atoms. The fraction of sp³-hybridized carbons (Fsp3) is 0.235. The van der Waals surface area contributed by atoms with E-state index in [0.717, 1.165) is 6.42 Å². The molecular weight excluding hydrogens is 394 g/mol. The lowest BCUT2D eigenvalue weighted by atomic mass is 10.1. The van der Waals surface area contributed by atoms with Crippen LogP contribution in [-0.4, -0.2) is 31.5 Å². The number of halogens is 1. The Kier molecular flexibility index (Phi) is 5.33. The van der Waals surface area contributed by atoms with E-state index in [4.69, 9.17) is 11.6 Å². The van der Waals surface area contributed by atoms with Crippen LogP contribution < -0.4 is 9.62 Å². The van der Waals surface area contributed by atoms with Gasteiger partial charge in [-0.25, -0.2) is 8.42 Å². The summed E-state index contributed by atoms with van der Waals surface area (Å²) in [4.78, 5) is 22.8. The number of hydrogen-bond acceptors (Lipinski definition) is 5. The van der Waals surface area contributed by atoms with Gasteiger partial charge in [-0.3, -0.25) is 19.2 Å². The maximum Gasteiger partial charge on any atom is 0.289 e. The second-order valence-corrected chi connectivity index (χ2v) is 8.44. The fourth-order valence-corrected chi connectivity index (χ4v) is 4.63. The number of nitro groups is 1. The molecular formula is C17H16ClN3O5S. The Morgan fingerprint density at radius 1 is 1.19 bits per heavy atom. The molecule has 1 saturated heterocycles. The molecule has 0 atom stereocenters. The first-order valence-electron chi connectivity index (χ1n) is 8.14. The maximum absolute atomic E-state index is 12.5. The van der Waals surface area contributed by atoms with Crippen molar-refractivity contribution >= 4 is 44.6 Å². The Labute approximate surface area is 160 Å². The molecule has 8 nitrogen and oxygen atoms in total. The van der Waals surface area contributed by atoms with E-state index in [1.807, 2.05) is 0 Å². The first-order chi connectivity index (χ1) is 12.8. The zero-order valence-corrected chi connectivity index (χ0v) is 15.7. The van der Waals surface area contributed by atoms with E-state index in [-0.39, 0.29) is 27.7 Å². The third-order valence-electron chi connectivity index (χ3n) is 4.15. The van der Waals surface area contributed by atoms with Crippen LogP contribution in [0.1, 0.15) is 23.2 Å². The summed E-state index contributed by atoms with van der Waals surface area (Å²) < 4.78 is 25.8. The second kappa shape index (κ2) is 7.53. The van der Waals surface area contributed by atoms with Crippen molar-refractivity contribution in [2.45, 2.75) is 12.8 Å². The van der Waals surface area contributed by atoms with Crippen molar-refractivity contribution < 1.29 is 18.1 Å². The molecule has 2 aromatic rings. The lowest BCUT2D eigenvalue weighted by Crippen LogP contribution is -2.37. The first-order valence-corrected chi connectivity index (χ1v) is 10.1. The Balaban J connectivity index is 1.84. The van der Waals surface area contributed by atoms with E-state index in [9.17, 15) is 23.3 Å². The monoisotopic (exact) mass is 409 g/mol. The number of hydrogen-bond donors (Lipinski definition) is 1. The van der Waals surface area contributed by atoms with E-state index in [0.29, 0.717) is 18.7 Å². The van der Waals surface area contributed by atoms with Crippen molar-refractivity contribution in [1.82, 2.24) is 0 Å². The molecule has 1 aliphatic rings. The highest BCUT2D eigenvalue weighted by atomic mass is 35.5. The number of nitro benzene ring substituents is 1. The van der Waals surface area contributed by atoms with Crippen molar-refractivity contribution in [3.8, 4) is 0 Å². The van der Waals surface area contributed by atoms with Gasteiger partial charge in [0.15, 0.2) is 0 Å². The molecule has 0 aliphatic carbocycles. The quantitative estimate of drug-likeness (QED) is 0.614. The molecule has 1 aliphatic heterocycles. The lowest BCUT2D eigenvalue weighted by Gasteiger charge is -2.28. The van der Waals surface area contributed by atoms with Gasteiger partial charge in [-0.2, -0.15) is 0 Å². The SMILES string of the molecule is O=C(Nc1ccc(Cl)c([N+](=O)[O-])c1)c1cccc(N2CCCCS2(=O)=O)c1. The highest BCUT2D eigenvalue weighted by molar-refractivity contribution is 7.92. The molecule has 0 unspecified atom stereocenters. The normalized spacial score (nSPS) is 16.0. The molecule has 0 radical (unpaired) electrons. The van der Waals surface area contributed by atoms with Gasteiger partial charge in [-0.05, 0) is 43.2 Å². The van der Waals surface area contributed by atoms with Crippen LogP contribution in [0.2, 0.25) is 5.02 Å². The number of amides is 1. The summed E-state index contributed by atoms with van der Waals surface area (Å²) in [5, 5.41) is 13.5. The Morgan fingerprint density at radius 3 is 2.67 bits per heavy atom. The molecule has 1 fully saturated rings. The van der Waals surface area contributed by atoms with Crippen LogP contribution in [0.5, 0.6) is 0 Å². The van der Waals surface area contributed by atoms with E-state index in [1.165, 1.54) is 28.6 Å². The van der Waals surface area contributed by atoms with E-state index >= 15 is 0 Å². The smallest absolute Gasteiger partial charge is 0.289 e. The minimum atomic E-state index is -3.39. The van der Waals surface area contributed by atoms with Crippen LogP contribution in [0.3, 0.4) is 0 Å².